The lowest BCUT2D eigenvalue weighted by Gasteiger charge is -2.12. The van der Waals surface area contributed by atoms with Crippen molar-refractivity contribution in [2.45, 2.75) is 18.7 Å². The van der Waals surface area contributed by atoms with Crippen LogP contribution in [0.5, 0.6) is 0 Å². The van der Waals surface area contributed by atoms with Crippen molar-refractivity contribution in [3.05, 3.63) is 16.6 Å². The molecule has 6 heteroatoms. The Morgan fingerprint density at radius 1 is 1.58 bits per heavy atom. The Kier molecular flexibility index (Phi) is 2.69. The molecule has 0 aliphatic heterocycles. The van der Waals surface area contributed by atoms with Gasteiger partial charge in [0.15, 0.2) is 6.10 Å². The van der Waals surface area contributed by atoms with Crippen LogP contribution in [0.15, 0.2) is 11.7 Å². The van der Waals surface area contributed by atoms with Crippen LogP contribution in [-0.4, -0.2) is 22.4 Å². The Labute approximate surface area is 70.7 Å². The smallest absolute Gasteiger partial charge is 0.383 e. The van der Waals surface area contributed by atoms with Crippen LogP contribution in [0, 0.1) is 0 Å². The van der Waals surface area contributed by atoms with Crippen molar-refractivity contribution in [3.8, 4) is 0 Å². The van der Waals surface area contributed by atoms with Gasteiger partial charge in [0.05, 0.1) is 5.51 Å². The van der Waals surface area contributed by atoms with E-state index in [-0.39, 0.29) is 0 Å². The highest BCUT2D eigenvalue weighted by Crippen LogP contribution is 2.23. The van der Waals surface area contributed by atoms with Gasteiger partial charge >= 0.3 is 6.18 Å². The molecule has 0 spiro atoms. The topological polar surface area (TPSA) is 33.1 Å². The van der Waals surface area contributed by atoms with Crippen molar-refractivity contribution in [2.24, 2.45) is 0 Å². The first-order chi connectivity index (χ1) is 5.50. The van der Waals surface area contributed by atoms with Crippen molar-refractivity contribution in [1.82, 2.24) is 4.98 Å². The summed E-state index contributed by atoms with van der Waals surface area (Å²) in [5, 5.41) is 8.61. The summed E-state index contributed by atoms with van der Waals surface area (Å²) < 4.78 is 35.3. The lowest BCUT2D eigenvalue weighted by Crippen LogP contribution is -2.30. The van der Waals surface area contributed by atoms with Crippen LogP contribution in [0.1, 0.15) is 4.88 Å². The van der Waals surface area contributed by atoms with Crippen molar-refractivity contribution >= 4 is 11.3 Å². The number of halogens is 3. The first-order valence-corrected chi connectivity index (χ1v) is 4.00. The summed E-state index contributed by atoms with van der Waals surface area (Å²) in [5.41, 5.74) is 1.43. The van der Waals surface area contributed by atoms with E-state index in [0.29, 0.717) is 4.88 Å². The quantitative estimate of drug-likeness (QED) is 0.781. The Morgan fingerprint density at radius 2 is 2.25 bits per heavy atom. The second-order valence-electron chi connectivity index (χ2n) is 2.23. The third kappa shape index (κ3) is 2.46. The van der Waals surface area contributed by atoms with Gasteiger partial charge in [-0.05, 0) is 0 Å². The number of aliphatic hydroxyl groups excluding tert-OH is 1. The molecule has 12 heavy (non-hydrogen) atoms. The summed E-state index contributed by atoms with van der Waals surface area (Å²) in [6.45, 7) is 0. The van der Waals surface area contributed by atoms with E-state index in [9.17, 15) is 13.2 Å². The van der Waals surface area contributed by atoms with E-state index in [0.717, 1.165) is 11.3 Å². The number of nitrogens with zero attached hydrogens (tertiary/aromatic N) is 1. The number of aliphatic hydroxyl groups is 1. The monoisotopic (exact) mass is 197 g/mol. The summed E-state index contributed by atoms with van der Waals surface area (Å²) in [4.78, 5) is 4.03. The molecule has 0 fully saturated rings. The zero-order valence-electron chi connectivity index (χ0n) is 5.88. The fraction of sp³-hybridized carbons (Fsp3) is 0.500. The average Bonchev–Trinajstić information content (AvgIpc) is 2.37. The Hall–Kier alpha value is -0.620. The van der Waals surface area contributed by atoms with Gasteiger partial charge < -0.3 is 5.11 Å². The lowest BCUT2D eigenvalue weighted by molar-refractivity contribution is -0.202. The molecular weight excluding hydrogens is 191 g/mol. The van der Waals surface area contributed by atoms with Crippen LogP contribution in [-0.2, 0) is 6.42 Å². The zero-order chi connectivity index (χ0) is 9.19. The molecule has 0 radical (unpaired) electrons. The highest BCUT2D eigenvalue weighted by molar-refractivity contribution is 7.09. The summed E-state index contributed by atoms with van der Waals surface area (Å²) in [5.74, 6) is 0. The highest BCUT2D eigenvalue weighted by Gasteiger charge is 2.38. The number of hydrogen-bond acceptors (Lipinski definition) is 3. The average molecular weight is 197 g/mol. The summed E-state index contributed by atoms with van der Waals surface area (Å²) in [6, 6.07) is 0. The van der Waals surface area contributed by atoms with Gasteiger partial charge in [0.1, 0.15) is 0 Å². The van der Waals surface area contributed by atoms with Crippen molar-refractivity contribution in [2.75, 3.05) is 0 Å². The summed E-state index contributed by atoms with van der Waals surface area (Å²) in [7, 11) is 0. The van der Waals surface area contributed by atoms with Crippen LogP contribution in [0.3, 0.4) is 0 Å². The van der Waals surface area contributed by atoms with Gasteiger partial charge in [-0.2, -0.15) is 13.2 Å². The Balaban J connectivity index is 2.53. The maximum atomic E-state index is 11.8. The molecule has 1 unspecified atom stereocenters. The first-order valence-electron chi connectivity index (χ1n) is 3.12. The fourth-order valence-electron chi connectivity index (χ4n) is 0.649. The number of thiazole rings is 1. The molecule has 1 heterocycles. The minimum atomic E-state index is -4.54. The van der Waals surface area contributed by atoms with Crippen LogP contribution >= 0.6 is 11.3 Å². The molecule has 68 valence electrons. The molecule has 0 aromatic carbocycles. The molecule has 0 aliphatic carbocycles. The predicted molar refractivity (Wildman–Crippen MR) is 37.9 cm³/mol. The largest absolute Gasteiger partial charge is 0.414 e. The molecule has 0 amide bonds. The molecule has 0 bridgehead atoms. The second kappa shape index (κ2) is 3.40. The number of aromatic nitrogens is 1. The van der Waals surface area contributed by atoms with Crippen molar-refractivity contribution in [3.63, 3.8) is 0 Å². The number of rotatable bonds is 2. The van der Waals surface area contributed by atoms with Crippen LogP contribution in [0.25, 0.3) is 0 Å². The van der Waals surface area contributed by atoms with E-state index in [2.05, 4.69) is 4.98 Å². The van der Waals surface area contributed by atoms with Gasteiger partial charge in [0.2, 0.25) is 0 Å². The zero-order valence-corrected chi connectivity index (χ0v) is 6.69. The first kappa shape index (κ1) is 9.47. The third-order valence-corrected chi connectivity index (χ3v) is 2.06. The molecule has 1 aromatic heterocycles. The maximum absolute atomic E-state index is 11.8. The predicted octanol–water partition coefficient (Wildman–Crippen LogP) is 1.61. The molecule has 0 saturated heterocycles. The molecular formula is C6H6F3NOS. The van der Waals surface area contributed by atoms with E-state index in [1.54, 1.807) is 0 Å². The summed E-state index contributed by atoms with van der Waals surface area (Å²) in [6.07, 6.45) is -5.91. The summed E-state index contributed by atoms with van der Waals surface area (Å²) >= 11 is 1.10. The molecule has 1 N–H and O–H groups in total. The van der Waals surface area contributed by atoms with Crippen molar-refractivity contribution in [1.29, 1.82) is 0 Å². The third-order valence-electron chi connectivity index (χ3n) is 1.26. The maximum Gasteiger partial charge on any atom is 0.414 e. The Bertz CT molecular complexity index is 233. The Morgan fingerprint density at radius 3 is 2.67 bits per heavy atom. The lowest BCUT2D eigenvalue weighted by atomic mass is 10.2. The van der Waals surface area contributed by atoms with Crippen molar-refractivity contribution < 1.29 is 18.3 Å². The fourth-order valence-corrected chi connectivity index (χ4v) is 1.28. The minimum Gasteiger partial charge on any atom is -0.383 e. The van der Waals surface area contributed by atoms with Gasteiger partial charge in [0, 0.05) is 17.5 Å². The number of alkyl halides is 3. The van der Waals surface area contributed by atoms with Gasteiger partial charge in [-0.1, -0.05) is 0 Å². The molecule has 0 aliphatic rings. The van der Waals surface area contributed by atoms with Crippen LogP contribution in [0.2, 0.25) is 0 Å². The molecule has 1 rings (SSSR count). The van der Waals surface area contributed by atoms with Crippen LogP contribution in [0.4, 0.5) is 13.2 Å². The van der Waals surface area contributed by atoms with Crippen LogP contribution < -0.4 is 0 Å². The standard InChI is InChI=1S/C6H6F3NOS/c7-6(8,9)5(11)1-4-2-10-3-12-4/h2-3,5,11H,1H2. The van der Waals surface area contributed by atoms with E-state index in [1.165, 1.54) is 11.7 Å². The van der Waals surface area contributed by atoms with Gasteiger partial charge in [0.25, 0.3) is 0 Å². The number of hydrogen-bond donors (Lipinski definition) is 1. The molecule has 1 atom stereocenters. The van der Waals surface area contributed by atoms with E-state index in [4.69, 9.17) is 5.11 Å². The van der Waals surface area contributed by atoms with Gasteiger partial charge in [-0.25, -0.2) is 0 Å². The van der Waals surface area contributed by atoms with E-state index >= 15 is 0 Å². The SMILES string of the molecule is OC(Cc1cncs1)C(F)(F)F. The molecule has 0 saturated carbocycles. The molecule has 2 nitrogen and oxygen atoms in total. The molecule has 1 aromatic rings. The normalized spacial score (nSPS) is 14.7. The minimum absolute atomic E-state index is 0.409. The van der Waals surface area contributed by atoms with Gasteiger partial charge in [-0.15, -0.1) is 11.3 Å². The highest BCUT2D eigenvalue weighted by atomic mass is 32.1. The van der Waals surface area contributed by atoms with Gasteiger partial charge in [-0.3, -0.25) is 4.98 Å². The van der Waals surface area contributed by atoms with E-state index < -0.39 is 18.7 Å². The second-order valence-corrected chi connectivity index (χ2v) is 3.20. The van der Waals surface area contributed by atoms with E-state index in [1.807, 2.05) is 0 Å².